The molecule has 28 heavy (non-hydrogen) atoms. The van der Waals surface area contributed by atoms with Crippen molar-refractivity contribution in [3.63, 3.8) is 0 Å². The number of thiophene rings is 1. The highest BCUT2D eigenvalue weighted by molar-refractivity contribution is 7.20. The Morgan fingerprint density at radius 1 is 1.29 bits per heavy atom. The number of piperidine rings is 1. The lowest BCUT2D eigenvalue weighted by Crippen LogP contribution is -2.41. The average Bonchev–Trinajstić information content (AvgIpc) is 3.05. The van der Waals surface area contributed by atoms with Crippen molar-refractivity contribution in [3.05, 3.63) is 52.2 Å². The molecule has 3 heterocycles. The van der Waals surface area contributed by atoms with E-state index in [4.69, 9.17) is 16.5 Å². The standard InChI is InChI=1S/C21H25N5OS/c1-13-17-19(23)24-16(10-14-6-3-2-4-7-14)25-20(17)28-18(13)21(27)26-9-5-8-15(11-22)12-26/h2-4,6-7,15H,5,8-12,22H2,1H3,(H2,23,24,25). The summed E-state index contributed by atoms with van der Waals surface area (Å²) in [5.41, 5.74) is 14.1. The molecule has 0 aliphatic carbocycles. The number of nitrogens with two attached hydrogens (primary N) is 2. The Balaban J connectivity index is 1.66. The second kappa shape index (κ2) is 7.85. The van der Waals surface area contributed by atoms with Gasteiger partial charge in [-0.3, -0.25) is 4.79 Å². The van der Waals surface area contributed by atoms with Crippen LogP contribution in [0.15, 0.2) is 30.3 Å². The van der Waals surface area contributed by atoms with E-state index in [1.54, 1.807) is 0 Å². The summed E-state index contributed by atoms with van der Waals surface area (Å²) < 4.78 is 0. The molecule has 7 heteroatoms. The number of aromatic nitrogens is 2. The van der Waals surface area contributed by atoms with Crippen LogP contribution in [0.4, 0.5) is 5.82 Å². The third kappa shape index (κ3) is 3.59. The maximum Gasteiger partial charge on any atom is 0.264 e. The number of rotatable bonds is 4. The topological polar surface area (TPSA) is 98.1 Å². The Labute approximate surface area is 168 Å². The van der Waals surface area contributed by atoms with Gasteiger partial charge in [0.15, 0.2) is 0 Å². The molecule has 4 N–H and O–H groups in total. The SMILES string of the molecule is Cc1c(C(=O)N2CCCC(CN)C2)sc2nc(Cc3ccccc3)nc(N)c12. The average molecular weight is 396 g/mol. The molecule has 1 unspecified atom stereocenters. The van der Waals surface area contributed by atoms with E-state index in [-0.39, 0.29) is 5.91 Å². The summed E-state index contributed by atoms with van der Waals surface area (Å²) >= 11 is 1.42. The van der Waals surface area contributed by atoms with Crippen molar-refractivity contribution in [1.29, 1.82) is 0 Å². The number of anilines is 1. The van der Waals surface area contributed by atoms with E-state index in [1.807, 2.05) is 42.2 Å². The van der Waals surface area contributed by atoms with Crippen LogP contribution in [0.5, 0.6) is 0 Å². The molecule has 3 aromatic rings. The Morgan fingerprint density at radius 2 is 2.07 bits per heavy atom. The molecule has 6 nitrogen and oxygen atoms in total. The van der Waals surface area contributed by atoms with E-state index in [9.17, 15) is 4.79 Å². The molecule has 0 spiro atoms. The van der Waals surface area contributed by atoms with Gasteiger partial charge in [0.05, 0.1) is 10.3 Å². The van der Waals surface area contributed by atoms with Crippen molar-refractivity contribution in [2.45, 2.75) is 26.2 Å². The Kier molecular flexibility index (Phi) is 5.28. The zero-order valence-electron chi connectivity index (χ0n) is 16.0. The van der Waals surface area contributed by atoms with E-state index >= 15 is 0 Å². The van der Waals surface area contributed by atoms with E-state index in [1.165, 1.54) is 11.3 Å². The summed E-state index contributed by atoms with van der Waals surface area (Å²) in [7, 11) is 0. The number of fused-ring (bicyclic) bond motifs is 1. The smallest absolute Gasteiger partial charge is 0.264 e. The van der Waals surface area contributed by atoms with E-state index in [0.29, 0.717) is 35.4 Å². The third-order valence-electron chi connectivity index (χ3n) is 5.40. The van der Waals surface area contributed by atoms with Crippen LogP contribution in [0.25, 0.3) is 10.2 Å². The number of nitrogens with zero attached hydrogens (tertiary/aromatic N) is 3. The molecule has 146 valence electrons. The van der Waals surface area contributed by atoms with Crippen molar-refractivity contribution in [2.24, 2.45) is 11.7 Å². The molecule has 1 saturated heterocycles. The van der Waals surface area contributed by atoms with Gasteiger partial charge in [-0.1, -0.05) is 30.3 Å². The van der Waals surface area contributed by atoms with Gasteiger partial charge in [0, 0.05) is 19.5 Å². The highest BCUT2D eigenvalue weighted by Crippen LogP contribution is 2.34. The fourth-order valence-corrected chi connectivity index (χ4v) is 5.04. The van der Waals surface area contributed by atoms with Gasteiger partial charge in [-0.25, -0.2) is 9.97 Å². The fraction of sp³-hybridized carbons (Fsp3) is 0.381. The third-order valence-corrected chi connectivity index (χ3v) is 6.58. The molecule has 1 aliphatic rings. The molecule has 2 aromatic heterocycles. The number of hydrogen-bond donors (Lipinski definition) is 2. The lowest BCUT2D eigenvalue weighted by Gasteiger charge is -2.32. The van der Waals surface area contributed by atoms with Crippen LogP contribution in [0, 0.1) is 12.8 Å². The van der Waals surface area contributed by atoms with E-state index in [2.05, 4.69) is 4.98 Å². The van der Waals surface area contributed by atoms with Gasteiger partial charge in [-0.2, -0.15) is 0 Å². The molecule has 0 radical (unpaired) electrons. The minimum atomic E-state index is 0.0580. The van der Waals surface area contributed by atoms with Crippen LogP contribution >= 0.6 is 11.3 Å². The minimum Gasteiger partial charge on any atom is -0.383 e. The highest BCUT2D eigenvalue weighted by atomic mass is 32.1. The number of benzene rings is 1. The Morgan fingerprint density at radius 3 is 2.82 bits per heavy atom. The highest BCUT2D eigenvalue weighted by Gasteiger charge is 2.27. The molecular weight excluding hydrogens is 370 g/mol. The number of aryl methyl sites for hydroxylation is 1. The van der Waals surface area contributed by atoms with Crippen LogP contribution in [-0.4, -0.2) is 40.4 Å². The zero-order chi connectivity index (χ0) is 19.7. The molecule has 1 aromatic carbocycles. The number of nitrogen functional groups attached to an aromatic ring is 1. The summed E-state index contributed by atoms with van der Waals surface area (Å²) in [6, 6.07) is 10.1. The lowest BCUT2D eigenvalue weighted by atomic mass is 9.98. The van der Waals surface area contributed by atoms with Gasteiger partial charge in [0.1, 0.15) is 16.5 Å². The first-order chi connectivity index (χ1) is 13.6. The molecule has 0 bridgehead atoms. The number of hydrogen-bond acceptors (Lipinski definition) is 6. The molecular formula is C21H25N5OS. The summed E-state index contributed by atoms with van der Waals surface area (Å²) in [6.07, 6.45) is 2.71. The van der Waals surface area contributed by atoms with Gasteiger partial charge in [0.2, 0.25) is 0 Å². The van der Waals surface area contributed by atoms with E-state index in [0.717, 1.165) is 47.3 Å². The first-order valence-corrected chi connectivity index (χ1v) is 10.5. The van der Waals surface area contributed by atoms with Gasteiger partial charge < -0.3 is 16.4 Å². The summed E-state index contributed by atoms with van der Waals surface area (Å²) in [4.78, 5) is 25.8. The molecule has 0 saturated carbocycles. The van der Waals surface area contributed by atoms with Gasteiger partial charge in [-0.15, -0.1) is 11.3 Å². The normalized spacial score (nSPS) is 17.2. The monoisotopic (exact) mass is 395 g/mol. The second-order valence-corrected chi connectivity index (χ2v) is 8.42. The maximum atomic E-state index is 13.1. The van der Waals surface area contributed by atoms with Gasteiger partial charge in [0.25, 0.3) is 5.91 Å². The van der Waals surface area contributed by atoms with Crippen LogP contribution in [0.1, 0.15) is 39.5 Å². The quantitative estimate of drug-likeness (QED) is 0.708. The Hall–Kier alpha value is -2.51. The summed E-state index contributed by atoms with van der Waals surface area (Å²) in [5.74, 6) is 1.57. The van der Waals surface area contributed by atoms with Crippen molar-refractivity contribution < 1.29 is 4.79 Å². The predicted molar refractivity (Wildman–Crippen MR) is 113 cm³/mol. The number of carbonyl (C=O) groups is 1. The largest absolute Gasteiger partial charge is 0.383 e. The number of carbonyl (C=O) groups excluding carboxylic acids is 1. The molecule has 1 atom stereocenters. The van der Waals surface area contributed by atoms with Gasteiger partial charge in [-0.05, 0) is 43.4 Å². The van der Waals surface area contributed by atoms with E-state index < -0.39 is 0 Å². The first kappa shape index (κ1) is 18.8. The van der Waals surface area contributed by atoms with Crippen molar-refractivity contribution >= 4 is 33.3 Å². The van der Waals surface area contributed by atoms with Crippen molar-refractivity contribution in [2.75, 3.05) is 25.4 Å². The lowest BCUT2D eigenvalue weighted by molar-refractivity contribution is 0.0682. The van der Waals surface area contributed by atoms with Gasteiger partial charge >= 0.3 is 0 Å². The predicted octanol–water partition coefficient (Wildman–Crippen LogP) is 2.98. The number of amides is 1. The minimum absolute atomic E-state index is 0.0580. The Bertz CT molecular complexity index is 1000. The molecule has 4 rings (SSSR count). The number of likely N-dealkylation sites (tertiary alicyclic amines) is 1. The second-order valence-electron chi connectivity index (χ2n) is 7.42. The molecule has 1 aliphatic heterocycles. The zero-order valence-corrected chi connectivity index (χ0v) is 16.8. The van der Waals surface area contributed by atoms with Crippen LogP contribution < -0.4 is 11.5 Å². The molecule has 1 amide bonds. The first-order valence-electron chi connectivity index (χ1n) is 9.65. The van der Waals surface area contributed by atoms with Crippen LogP contribution in [-0.2, 0) is 6.42 Å². The van der Waals surface area contributed by atoms with Crippen molar-refractivity contribution in [3.8, 4) is 0 Å². The fourth-order valence-electron chi connectivity index (χ4n) is 3.86. The van der Waals surface area contributed by atoms with Crippen LogP contribution in [0.2, 0.25) is 0 Å². The summed E-state index contributed by atoms with van der Waals surface area (Å²) in [5, 5.41) is 0.803. The molecule has 1 fully saturated rings. The van der Waals surface area contributed by atoms with Crippen molar-refractivity contribution in [1.82, 2.24) is 14.9 Å². The summed E-state index contributed by atoms with van der Waals surface area (Å²) in [6.45, 7) is 4.07. The maximum absolute atomic E-state index is 13.1. The van der Waals surface area contributed by atoms with Crippen LogP contribution in [0.3, 0.4) is 0 Å².